The molecule has 0 bridgehead atoms. The van der Waals surface area contributed by atoms with Crippen LogP contribution in [0.1, 0.15) is 31.2 Å². The van der Waals surface area contributed by atoms with Crippen LogP contribution >= 0.6 is 0 Å². The molecule has 2 rings (SSSR count). The molecule has 1 aromatic rings. The number of rotatable bonds is 3. The maximum absolute atomic E-state index is 12.3. The Labute approximate surface area is 108 Å². The van der Waals surface area contributed by atoms with Gasteiger partial charge in [0.2, 0.25) is 5.91 Å². The van der Waals surface area contributed by atoms with Crippen LogP contribution < -0.4 is 0 Å². The maximum Gasteiger partial charge on any atom is 0.227 e. The number of aliphatic hydroxyl groups is 1. The van der Waals surface area contributed by atoms with Gasteiger partial charge in [0.15, 0.2) is 0 Å². The molecule has 1 fully saturated rings. The lowest BCUT2D eigenvalue weighted by molar-refractivity contribution is -0.133. The molecule has 3 heteroatoms. The Hall–Kier alpha value is -1.35. The van der Waals surface area contributed by atoms with Crippen LogP contribution in [-0.4, -0.2) is 35.1 Å². The van der Waals surface area contributed by atoms with E-state index in [1.165, 1.54) is 0 Å². The molecule has 1 N–H and O–H groups in total. The summed E-state index contributed by atoms with van der Waals surface area (Å²) in [5.41, 5.74) is 1.04. The van der Waals surface area contributed by atoms with Crippen molar-refractivity contribution in [2.24, 2.45) is 0 Å². The number of benzene rings is 1. The summed E-state index contributed by atoms with van der Waals surface area (Å²) in [5.74, 6) is 0.141. The van der Waals surface area contributed by atoms with Gasteiger partial charge < -0.3 is 10.0 Å². The second kappa shape index (κ2) is 6.55. The summed E-state index contributed by atoms with van der Waals surface area (Å²) in [6.45, 7) is 0.872. The number of likely N-dealkylation sites (tertiary alicyclic amines) is 1. The molecule has 98 valence electrons. The van der Waals surface area contributed by atoms with E-state index in [1.807, 2.05) is 35.2 Å². The molecule has 1 heterocycles. The van der Waals surface area contributed by atoms with Crippen LogP contribution in [0.25, 0.3) is 0 Å². The van der Waals surface area contributed by atoms with E-state index in [0.29, 0.717) is 6.42 Å². The topological polar surface area (TPSA) is 40.5 Å². The minimum absolute atomic E-state index is 0.0173. The Balaban J connectivity index is 2.01. The van der Waals surface area contributed by atoms with Gasteiger partial charge in [0.25, 0.3) is 0 Å². The second-order valence-corrected chi connectivity index (χ2v) is 4.94. The molecule has 3 nitrogen and oxygen atoms in total. The number of carbonyl (C=O) groups excluding carboxylic acids is 1. The first-order valence-corrected chi connectivity index (χ1v) is 6.75. The Morgan fingerprint density at radius 3 is 2.72 bits per heavy atom. The first kappa shape index (κ1) is 13.1. The van der Waals surface area contributed by atoms with E-state index in [1.54, 1.807) is 0 Å². The zero-order valence-corrected chi connectivity index (χ0v) is 10.7. The highest BCUT2D eigenvalue weighted by molar-refractivity contribution is 5.79. The van der Waals surface area contributed by atoms with Crippen molar-refractivity contribution in [3.8, 4) is 0 Å². The van der Waals surface area contributed by atoms with E-state index in [2.05, 4.69) is 0 Å². The van der Waals surface area contributed by atoms with Gasteiger partial charge in [-0.15, -0.1) is 0 Å². The smallest absolute Gasteiger partial charge is 0.227 e. The van der Waals surface area contributed by atoms with Crippen LogP contribution in [0.4, 0.5) is 0 Å². The van der Waals surface area contributed by atoms with Crippen molar-refractivity contribution in [1.82, 2.24) is 4.90 Å². The molecule has 1 aromatic carbocycles. The lowest BCUT2D eigenvalue weighted by atomic mass is 10.1. The van der Waals surface area contributed by atoms with Crippen LogP contribution in [-0.2, 0) is 11.2 Å². The van der Waals surface area contributed by atoms with Crippen LogP contribution in [0, 0.1) is 0 Å². The highest BCUT2D eigenvalue weighted by atomic mass is 16.3. The van der Waals surface area contributed by atoms with Gasteiger partial charge in [-0.05, 0) is 18.4 Å². The maximum atomic E-state index is 12.3. The molecule has 1 amide bonds. The SMILES string of the molecule is O=C(Cc1ccccc1)N1CCCCCC1CO. The normalized spacial score (nSPS) is 20.5. The largest absolute Gasteiger partial charge is 0.394 e. The van der Waals surface area contributed by atoms with Gasteiger partial charge in [0.05, 0.1) is 19.1 Å². The Bertz CT molecular complexity index is 377. The van der Waals surface area contributed by atoms with E-state index in [9.17, 15) is 9.90 Å². The summed E-state index contributed by atoms with van der Waals surface area (Å²) < 4.78 is 0. The summed E-state index contributed by atoms with van der Waals surface area (Å²) in [5, 5.41) is 9.41. The van der Waals surface area contributed by atoms with E-state index in [0.717, 1.165) is 37.8 Å². The second-order valence-electron chi connectivity index (χ2n) is 4.94. The van der Waals surface area contributed by atoms with E-state index in [4.69, 9.17) is 0 Å². The van der Waals surface area contributed by atoms with Crippen molar-refractivity contribution in [3.05, 3.63) is 35.9 Å². The number of aliphatic hydroxyl groups excluding tert-OH is 1. The zero-order valence-electron chi connectivity index (χ0n) is 10.7. The molecular weight excluding hydrogens is 226 g/mol. The Morgan fingerprint density at radius 1 is 1.22 bits per heavy atom. The number of hydrogen-bond donors (Lipinski definition) is 1. The van der Waals surface area contributed by atoms with Gasteiger partial charge in [0, 0.05) is 6.54 Å². The lowest BCUT2D eigenvalue weighted by Crippen LogP contribution is -2.42. The predicted octanol–water partition coefficient (Wildman–Crippen LogP) is 1.99. The quantitative estimate of drug-likeness (QED) is 0.887. The van der Waals surface area contributed by atoms with Crippen molar-refractivity contribution < 1.29 is 9.90 Å². The number of hydrogen-bond acceptors (Lipinski definition) is 2. The lowest BCUT2D eigenvalue weighted by Gasteiger charge is -2.28. The molecule has 18 heavy (non-hydrogen) atoms. The molecule has 0 saturated carbocycles. The van der Waals surface area contributed by atoms with Gasteiger partial charge in [-0.2, -0.15) is 0 Å². The van der Waals surface area contributed by atoms with Crippen LogP contribution in [0.3, 0.4) is 0 Å². The van der Waals surface area contributed by atoms with Crippen molar-refractivity contribution in [1.29, 1.82) is 0 Å². The monoisotopic (exact) mass is 247 g/mol. The molecule has 1 atom stereocenters. The summed E-state index contributed by atoms with van der Waals surface area (Å²) in [4.78, 5) is 14.2. The first-order valence-electron chi connectivity index (χ1n) is 6.75. The molecule has 0 aliphatic carbocycles. The summed E-state index contributed by atoms with van der Waals surface area (Å²) in [6, 6.07) is 9.83. The van der Waals surface area contributed by atoms with E-state index < -0.39 is 0 Å². The molecule has 1 saturated heterocycles. The molecular formula is C15H21NO2. The van der Waals surface area contributed by atoms with Crippen molar-refractivity contribution in [2.45, 2.75) is 38.1 Å². The van der Waals surface area contributed by atoms with Crippen molar-refractivity contribution >= 4 is 5.91 Å². The summed E-state index contributed by atoms with van der Waals surface area (Å²) >= 11 is 0. The fraction of sp³-hybridized carbons (Fsp3) is 0.533. The van der Waals surface area contributed by atoms with Gasteiger partial charge in [-0.1, -0.05) is 43.2 Å². The van der Waals surface area contributed by atoms with Gasteiger partial charge in [0.1, 0.15) is 0 Å². The number of carbonyl (C=O) groups is 1. The van der Waals surface area contributed by atoms with Gasteiger partial charge >= 0.3 is 0 Å². The molecule has 0 spiro atoms. The molecule has 0 radical (unpaired) electrons. The highest BCUT2D eigenvalue weighted by Gasteiger charge is 2.24. The van der Waals surface area contributed by atoms with Crippen LogP contribution in [0.15, 0.2) is 30.3 Å². The summed E-state index contributed by atoms with van der Waals surface area (Å²) in [6.07, 6.45) is 4.69. The fourth-order valence-electron chi connectivity index (χ4n) is 2.57. The predicted molar refractivity (Wildman–Crippen MR) is 71.2 cm³/mol. The minimum Gasteiger partial charge on any atom is -0.394 e. The third kappa shape index (κ3) is 3.33. The third-order valence-corrected chi connectivity index (χ3v) is 3.61. The third-order valence-electron chi connectivity index (χ3n) is 3.61. The highest BCUT2D eigenvalue weighted by Crippen LogP contribution is 2.17. The molecule has 1 aliphatic rings. The Kier molecular flexibility index (Phi) is 4.76. The van der Waals surface area contributed by atoms with Gasteiger partial charge in [-0.25, -0.2) is 0 Å². The number of nitrogens with zero attached hydrogens (tertiary/aromatic N) is 1. The Morgan fingerprint density at radius 2 is 2.00 bits per heavy atom. The molecule has 1 aliphatic heterocycles. The fourth-order valence-corrected chi connectivity index (χ4v) is 2.57. The number of amides is 1. The van der Waals surface area contributed by atoms with Gasteiger partial charge in [-0.3, -0.25) is 4.79 Å². The van der Waals surface area contributed by atoms with E-state index in [-0.39, 0.29) is 18.6 Å². The van der Waals surface area contributed by atoms with Crippen LogP contribution in [0.5, 0.6) is 0 Å². The van der Waals surface area contributed by atoms with Crippen LogP contribution in [0.2, 0.25) is 0 Å². The van der Waals surface area contributed by atoms with E-state index >= 15 is 0 Å². The molecule has 1 unspecified atom stereocenters. The zero-order chi connectivity index (χ0) is 12.8. The minimum atomic E-state index is 0.0173. The first-order chi connectivity index (χ1) is 8.81. The average Bonchev–Trinajstić information content (AvgIpc) is 2.64. The summed E-state index contributed by atoms with van der Waals surface area (Å²) in [7, 11) is 0. The van der Waals surface area contributed by atoms with Crippen molar-refractivity contribution in [3.63, 3.8) is 0 Å². The molecule has 0 aromatic heterocycles. The van der Waals surface area contributed by atoms with Crippen molar-refractivity contribution in [2.75, 3.05) is 13.2 Å². The standard InChI is InChI=1S/C15H21NO2/c17-12-14-9-5-2-6-10-16(14)15(18)11-13-7-3-1-4-8-13/h1,3-4,7-8,14,17H,2,5-6,9-12H2. The average molecular weight is 247 g/mol.